The summed E-state index contributed by atoms with van der Waals surface area (Å²) in [5, 5.41) is 5.54. The first kappa shape index (κ1) is 17.3. The molecule has 0 saturated heterocycles. The third kappa shape index (κ3) is 4.71. The Morgan fingerprint density at radius 3 is 2.25 bits per heavy atom. The van der Waals surface area contributed by atoms with Crippen LogP contribution in [-0.2, 0) is 4.79 Å². The first-order chi connectivity index (χ1) is 11.5. The van der Waals surface area contributed by atoms with Gasteiger partial charge in [-0.25, -0.2) is 0 Å². The number of methoxy groups -OCH3 is 1. The number of hydrogen-bond acceptors (Lipinski definition) is 3. The molecule has 0 aliphatic rings. The number of carbonyl (C=O) groups excluding carboxylic acids is 2. The SMILES string of the molecule is COc1ccccc1NC(=O)c1ccc(NC(=O)C=C(C)C)cc1. The van der Waals surface area contributed by atoms with Crippen LogP contribution in [0.15, 0.2) is 60.2 Å². The normalized spacial score (nSPS) is 9.79. The molecule has 2 aromatic rings. The third-order valence-electron chi connectivity index (χ3n) is 3.19. The van der Waals surface area contributed by atoms with E-state index in [2.05, 4.69) is 10.6 Å². The van der Waals surface area contributed by atoms with Crippen molar-refractivity contribution in [2.75, 3.05) is 17.7 Å². The van der Waals surface area contributed by atoms with Gasteiger partial charge in [-0.15, -0.1) is 0 Å². The topological polar surface area (TPSA) is 67.4 Å². The van der Waals surface area contributed by atoms with Crippen LogP contribution < -0.4 is 15.4 Å². The van der Waals surface area contributed by atoms with Crippen molar-refractivity contribution in [3.05, 3.63) is 65.7 Å². The molecule has 2 amide bonds. The number of para-hydroxylation sites is 2. The van der Waals surface area contributed by atoms with Gasteiger partial charge in [0, 0.05) is 17.3 Å². The van der Waals surface area contributed by atoms with Gasteiger partial charge in [0.25, 0.3) is 5.91 Å². The summed E-state index contributed by atoms with van der Waals surface area (Å²) in [5.74, 6) is 0.152. The first-order valence-corrected chi connectivity index (χ1v) is 7.50. The molecule has 0 saturated carbocycles. The highest BCUT2D eigenvalue weighted by Gasteiger charge is 2.09. The Bertz CT molecular complexity index is 760. The van der Waals surface area contributed by atoms with Crippen LogP contribution in [0.3, 0.4) is 0 Å². The zero-order chi connectivity index (χ0) is 17.5. The number of ether oxygens (including phenoxy) is 1. The largest absolute Gasteiger partial charge is 0.495 e. The second-order valence-corrected chi connectivity index (χ2v) is 5.44. The van der Waals surface area contributed by atoms with Gasteiger partial charge in [-0.1, -0.05) is 17.7 Å². The Morgan fingerprint density at radius 2 is 1.62 bits per heavy atom. The fraction of sp³-hybridized carbons (Fsp3) is 0.158. The number of nitrogens with one attached hydrogen (secondary N) is 2. The van der Waals surface area contributed by atoms with Crippen molar-refractivity contribution >= 4 is 23.2 Å². The summed E-state index contributed by atoms with van der Waals surface area (Å²) in [6, 6.07) is 13.9. The quantitative estimate of drug-likeness (QED) is 0.821. The van der Waals surface area contributed by atoms with E-state index in [4.69, 9.17) is 4.74 Å². The number of benzene rings is 2. The van der Waals surface area contributed by atoms with E-state index < -0.39 is 0 Å². The summed E-state index contributed by atoms with van der Waals surface area (Å²) in [6.07, 6.45) is 1.52. The molecule has 24 heavy (non-hydrogen) atoms. The van der Waals surface area contributed by atoms with Crippen molar-refractivity contribution in [3.8, 4) is 5.75 Å². The van der Waals surface area contributed by atoms with Crippen molar-refractivity contribution in [1.29, 1.82) is 0 Å². The average molecular weight is 324 g/mol. The van der Waals surface area contributed by atoms with Gasteiger partial charge in [0.05, 0.1) is 12.8 Å². The summed E-state index contributed by atoms with van der Waals surface area (Å²) in [4.78, 5) is 24.0. The molecule has 124 valence electrons. The molecule has 0 aliphatic heterocycles. The van der Waals surface area contributed by atoms with Gasteiger partial charge in [-0.3, -0.25) is 9.59 Å². The maximum atomic E-state index is 12.3. The zero-order valence-corrected chi connectivity index (χ0v) is 13.9. The van der Waals surface area contributed by atoms with Crippen LogP contribution in [0.25, 0.3) is 0 Å². The summed E-state index contributed by atoms with van der Waals surface area (Å²) >= 11 is 0. The van der Waals surface area contributed by atoms with Crippen molar-refractivity contribution in [3.63, 3.8) is 0 Å². The number of rotatable bonds is 5. The van der Waals surface area contributed by atoms with Gasteiger partial charge in [0.2, 0.25) is 5.91 Å². The Balaban J connectivity index is 2.06. The molecule has 2 rings (SSSR count). The molecule has 0 unspecified atom stereocenters. The third-order valence-corrected chi connectivity index (χ3v) is 3.19. The van der Waals surface area contributed by atoms with E-state index in [0.29, 0.717) is 22.7 Å². The van der Waals surface area contributed by atoms with Gasteiger partial charge in [0.15, 0.2) is 0 Å². The van der Waals surface area contributed by atoms with Crippen molar-refractivity contribution < 1.29 is 14.3 Å². The highest BCUT2D eigenvalue weighted by molar-refractivity contribution is 6.05. The van der Waals surface area contributed by atoms with Gasteiger partial charge in [-0.2, -0.15) is 0 Å². The van der Waals surface area contributed by atoms with Crippen LogP contribution in [-0.4, -0.2) is 18.9 Å². The van der Waals surface area contributed by atoms with Crippen LogP contribution in [0.2, 0.25) is 0 Å². The predicted octanol–water partition coefficient (Wildman–Crippen LogP) is 3.85. The van der Waals surface area contributed by atoms with Crippen molar-refractivity contribution in [2.24, 2.45) is 0 Å². The van der Waals surface area contributed by atoms with Crippen LogP contribution in [0.4, 0.5) is 11.4 Å². The summed E-state index contributed by atoms with van der Waals surface area (Å²) < 4.78 is 5.21. The molecular weight excluding hydrogens is 304 g/mol. The fourth-order valence-electron chi connectivity index (χ4n) is 2.09. The first-order valence-electron chi connectivity index (χ1n) is 7.50. The van der Waals surface area contributed by atoms with Gasteiger partial charge < -0.3 is 15.4 Å². The molecule has 0 bridgehead atoms. The second kappa shape index (κ2) is 7.97. The molecule has 5 nitrogen and oxygen atoms in total. The Morgan fingerprint density at radius 1 is 0.958 bits per heavy atom. The molecule has 0 aliphatic carbocycles. The number of hydrogen-bond donors (Lipinski definition) is 2. The van der Waals surface area contributed by atoms with Crippen LogP contribution in [0, 0.1) is 0 Å². The van der Waals surface area contributed by atoms with E-state index in [1.807, 2.05) is 26.0 Å². The Labute approximate surface area is 141 Å². The monoisotopic (exact) mass is 324 g/mol. The Hall–Kier alpha value is -3.08. The lowest BCUT2D eigenvalue weighted by atomic mass is 10.2. The van der Waals surface area contributed by atoms with Crippen LogP contribution >= 0.6 is 0 Å². The molecule has 2 aromatic carbocycles. The van der Waals surface area contributed by atoms with Gasteiger partial charge in [-0.05, 0) is 50.2 Å². The number of carbonyl (C=O) groups is 2. The molecule has 0 spiro atoms. The molecule has 0 radical (unpaired) electrons. The predicted molar refractivity (Wildman–Crippen MR) is 95.4 cm³/mol. The van der Waals surface area contributed by atoms with Crippen molar-refractivity contribution in [1.82, 2.24) is 0 Å². The highest BCUT2D eigenvalue weighted by atomic mass is 16.5. The minimum Gasteiger partial charge on any atom is -0.495 e. The summed E-state index contributed by atoms with van der Waals surface area (Å²) in [6.45, 7) is 3.70. The maximum absolute atomic E-state index is 12.3. The standard InChI is InChI=1S/C19H20N2O3/c1-13(2)12-18(22)20-15-10-8-14(9-11-15)19(23)21-16-6-4-5-7-17(16)24-3/h4-12H,1-3H3,(H,20,22)(H,21,23). The van der Waals surface area contributed by atoms with E-state index in [0.717, 1.165) is 5.57 Å². The van der Waals surface area contributed by atoms with Gasteiger partial charge in [0.1, 0.15) is 5.75 Å². The molecule has 0 atom stereocenters. The lowest BCUT2D eigenvalue weighted by Gasteiger charge is -2.10. The second-order valence-electron chi connectivity index (χ2n) is 5.44. The lowest BCUT2D eigenvalue weighted by Crippen LogP contribution is -2.13. The lowest BCUT2D eigenvalue weighted by molar-refractivity contribution is -0.111. The molecule has 0 fully saturated rings. The van der Waals surface area contributed by atoms with E-state index in [1.165, 1.54) is 6.08 Å². The summed E-state index contributed by atoms with van der Waals surface area (Å²) in [7, 11) is 1.55. The van der Waals surface area contributed by atoms with E-state index in [-0.39, 0.29) is 11.8 Å². The smallest absolute Gasteiger partial charge is 0.255 e. The minimum atomic E-state index is -0.248. The molecule has 0 aromatic heterocycles. The average Bonchev–Trinajstić information content (AvgIpc) is 2.55. The van der Waals surface area contributed by atoms with Crippen LogP contribution in [0.1, 0.15) is 24.2 Å². The van der Waals surface area contributed by atoms with E-state index >= 15 is 0 Å². The molecular formula is C19H20N2O3. The molecule has 5 heteroatoms. The molecule has 0 heterocycles. The van der Waals surface area contributed by atoms with E-state index in [9.17, 15) is 9.59 Å². The maximum Gasteiger partial charge on any atom is 0.255 e. The summed E-state index contributed by atoms with van der Waals surface area (Å²) in [5.41, 5.74) is 2.64. The number of amides is 2. The number of allylic oxidation sites excluding steroid dienone is 1. The van der Waals surface area contributed by atoms with E-state index in [1.54, 1.807) is 43.5 Å². The van der Waals surface area contributed by atoms with Crippen LogP contribution in [0.5, 0.6) is 5.75 Å². The van der Waals surface area contributed by atoms with Gasteiger partial charge >= 0.3 is 0 Å². The minimum absolute atomic E-state index is 0.193. The number of anilines is 2. The molecule has 2 N–H and O–H groups in total. The zero-order valence-electron chi connectivity index (χ0n) is 13.9. The van der Waals surface area contributed by atoms with Crippen molar-refractivity contribution in [2.45, 2.75) is 13.8 Å². The fourth-order valence-corrected chi connectivity index (χ4v) is 2.09. The Kier molecular flexibility index (Phi) is 5.73. The highest BCUT2D eigenvalue weighted by Crippen LogP contribution is 2.23.